The molecule has 1 heterocycles. The van der Waals surface area contributed by atoms with Crippen LogP contribution in [-0.4, -0.2) is 11.8 Å². The molecule has 2 aromatic rings. The van der Waals surface area contributed by atoms with Crippen LogP contribution in [0.25, 0.3) is 0 Å². The van der Waals surface area contributed by atoms with Crippen molar-refractivity contribution in [3.63, 3.8) is 0 Å². The summed E-state index contributed by atoms with van der Waals surface area (Å²) in [6.07, 6.45) is 0.571. The van der Waals surface area contributed by atoms with Crippen molar-refractivity contribution in [2.24, 2.45) is 0 Å². The Morgan fingerprint density at radius 1 is 1.13 bits per heavy atom. The molecule has 0 aromatic heterocycles. The number of rotatable bonds is 4. The Labute approximate surface area is 140 Å². The van der Waals surface area contributed by atoms with Gasteiger partial charge in [0.2, 0.25) is 5.91 Å². The summed E-state index contributed by atoms with van der Waals surface area (Å²) in [4.78, 5) is 14.6. The zero-order valence-electron chi connectivity index (χ0n) is 13.2. The van der Waals surface area contributed by atoms with E-state index in [0.717, 1.165) is 11.1 Å². The van der Waals surface area contributed by atoms with Crippen molar-refractivity contribution in [3.05, 3.63) is 65.5 Å². The van der Waals surface area contributed by atoms with Crippen molar-refractivity contribution in [1.29, 1.82) is 0 Å². The number of hydrogen-bond acceptors (Lipinski definition) is 1. The largest absolute Gasteiger partial charge is 0.301 e. The molecule has 0 spiro atoms. The Morgan fingerprint density at radius 2 is 1.83 bits per heavy atom. The van der Waals surface area contributed by atoms with Crippen molar-refractivity contribution < 1.29 is 9.18 Å². The van der Waals surface area contributed by atoms with Crippen LogP contribution in [0, 0.1) is 5.82 Å². The molecule has 2 nitrogen and oxygen atoms in total. The van der Waals surface area contributed by atoms with Crippen molar-refractivity contribution >= 4 is 23.2 Å². The minimum Gasteiger partial charge on any atom is -0.301 e. The Kier molecular flexibility index (Phi) is 4.15. The van der Waals surface area contributed by atoms with E-state index < -0.39 is 5.41 Å². The molecule has 0 bridgehead atoms. The maximum atomic E-state index is 14.5. The monoisotopic (exact) mass is 331 g/mol. The van der Waals surface area contributed by atoms with Gasteiger partial charge in [-0.25, -0.2) is 4.39 Å². The van der Waals surface area contributed by atoms with Gasteiger partial charge in [0.25, 0.3) is 0 Å². The van der Waals surface area contributed by atoms with Crippen LogP contribution >= 0.6 is 11.6 Å². The molecule has 0 aliphatic carbocycles. The van der Waals surface area contributed by atoms with Crippen LogP contribution in [0.1, 0.15) is 37.4 Å². The number of hydrogen-bond donors (Lipinski definition) is 0. The Bertz CT molecular complexity index is 729. The third-order valence-electron chi connectivity index (χ3n) is 4.53. The third kappa shape index (κ3) is 2.53. The van der Waals surface area contributed by atoms with E-state index in [4.69, 9.17) is 11.6 Å². The van der Waals surface area contributed by atoms with Crippen molar-refractivity contribution in [3.8, 4) is 0 Å². The molecule has 1 amide bonds. The lowest BCUT2D eigenvalue weighted by Gasteiger charge is -2.30. The number of anilines is 1. The SMILES string of the molecule is CC1(C)C(=O)N([C@H](CCCl)c2ccccc2)c2c(F)cccc21. The van der Waals surface area contributed by atoms with E-state index in [2.05, 4.69) is 0 Å². The first-order valence-corrected chi connectivity index (χ1v) is 8.25. The highest BCUT2D eigenvalue weighted by Gasteiger charge is 2.47. The minimum absolute atomic E-state index is 0.0865. The second-order valence-corrected chi connectivity index (χ2v) is 6.72. The van der Waals surface area contributed by atoms with Gasteiger partial charge < -0.3 is 4.90 Å². The number of carbonyl (C=O) groups is 1. The fourth-order valence-electron chi connectivity index (χ4n) is 3.30. The summed E-state index contributed by atoms with van der Waals surface area (Å²) in [5, 5.41) is 0. The summed E-state index contributed by atoms with van der Waals surface area (Å²) in [5.41, 5.74) is 1.35. The smallest absolute Gasteiger partial charge is 0.237 e. The van der Waals surface area contributed by atoms with Crippen LogP contribution in [0.15, 0.2) is 48.5 Å². The van der Waals surface area contributed by atoms with Crippen LogP contribution in [0.3, 0.4) is 0 Å². The first-order chi connectivity index (χ1) is 11.0. The van der Waals surface area contributed by atoms with E-state index >= 15 is 0 Å². The second-order valence-electron chi connectivity index (χ2n) is 6.34. The molecule has 1 atom stereocenters. The molecule has 0 fully saturated rings. The van der Waals surface area contributed by atoms with E-state index in [9.17, 15) is 9.18 Å². The number of nitrogens with zero attached hydrogens (tertiary/aromatic N) is 1. The van der Waals surface area contributed by atoms with Crippen LogP contribution in [0.5, 0.6) is 0 Å². The number of alkyl halides is 1. The molecule has 120 valence electrons. The number of fused-ring (bicyclic) bond motifs is 1. The predicted octanol–water partition coefficient (Wildman–Crippen LogP) is 4.82. The van der Waals surface area contributed by atoms with Crippen molar-refractivity contribution in [2.45, 2.75) is 31.7 Å². The second kappa shape index (κ2) is 5.97. The van der Waals surface area contributed by atoms with E-state index in [1.54, 1.807) is 11.0 Å². The van der Waals surface area contributed by atoms with Gasteiger partial charge in [-0.15, -0.1) is 11.6 Å². The van der Waals surface area contributed by atoms with Gasteiger partial charge in [-0.05, 0) is 37.5 Å². The number of para-hydroxylation sites is 1. The van der Waals surface area contributed by atoms with Gasteiger partial charge >= 0.3 is 0 Å². The zero-order valence-corrected chi connectivity index (χ0v) is 14.0. The van der Waals surface area contributed by atoms with Gasteiger partial charge in [0.1, 0.15) is 5.82 Å². The average Bonchev–Trinajstić information content (AvgIpc) is 2.75. The van der Waals surface area contributed by atoms with Crippen LogP contribution < -0.4 is 4.90 Å². The zero-order chi connectivity index (χ0) is 16.6. The first-order valence-electron chi connectivity index (χ1n) is 7.72. The molecular weight excluding hydrogens is 313 g/mol. The normalized spacial score (nSPS) is 17.2. The molecule has 0 radical (unpaired) electrons. The lowest BCUT2D eigenvalue weighted by atomic mass is 9.86. The highest BCUT2D eigenvalue weighted by atomic mass is 35.5. The summed E-state index contributed by atoms with van der Waals surface area (Å²) < 4.78 is 14.5. The molecule has 0 unspecified atom stereocenters. The maximum Gasteiger partial charge on any atom is 0.237 e. The van der Waals surface area contributed by atoms with Gasteiger partial charge in [0.05, 0.1) is 17.1 Å². The lowest BCUT2D eigenvalue weighted by molar-refractivity contribution is -0.122. The standard InChI is InChI=1S/C19H19ClFNO/c1-19(2)14-9-6-10-15(21)17(14)22(18(19)23)16(11-12-20)13-7-4-3-5-8-13/h3-10,16H,11-12H2,1-2H3/t16-/m1/s1. The topological polar surface area (TPSA) is 20.3 Å². The molecule has 0 N–H and O–H groups in total. The average molecular weight is 332 g/mol. The Balaban J connectivity index is 2.17. The van der Waals surface area contributed by atoms with Gasteiger partial charge in [-0.2, -0.15) is 0 Å². The molecule has 1 aliphatic heterocycles. The fraction of sp³-hybridized carbons (Fsp3) is 0.316. The Morgan fingerprint density at radius 3 is 2.48 bits per heavy atom. The first kappa shape index (κ1) is 16.0. The Hall–Kier alpha value is -1.87. The number of halogens is 2. The molecule has 3 rings (SSSR count). The number of carbonyl (C=O) groups excluding carboxylic acids is 1. The predicted molar refractivity (Wildman–Crippen MR) is 91.4 cm³/mol. The highest BCUT2D eigenvalue weighted by molar-refractivity contribution is 6.18. The van der Waals surface area contributed by atoms with Gasteiger partial charge in [-0.3, -0.25) is 4.79 Å². The van der Waals surface area contributed by atoms with Crippen LogP contribution in [0.2, 0.25) is 0 Å². The van der Waals surface area contributed by atoms with E-state index in [1.165, 1.54) is 6.07 Å². The van der Waals surface area contributed by atoms with Crippen LogP contribution in [-0.2, 0) is 10.2 Å². The summed E-state index contributed by atoms with van der Waals surface area (Å²) in [5.74, 6) is -0.0541. The maximum absolute atomic E-state index is 14.5. The summed E-state index contributed by atoms with van der Waals surface area (Å²) >= 11 is 5.98. The van der Waals surface area contributed by atoms with Gasteiger partial charge in [0.15, 0.2) is 0 Å². The molecule has 4 heteroatoms. The number of benzene rings is 2. The molecular formula is C19H19ClFNO. The summed E-state index contributed by atoms with van der Waals surface area (Å²) in [6, 6.07) is 14.3. The van der Waals surface area contributed by atoms with E-state index in [1.807, 2.05) is 50.2 Å². The molecule has 0 saturated carbocycles. The van der Waals surface area contributed by atoms with Gasteiger partial charge in [0, 0.05) is 5.88 Å². The van der Waals surface area contributed by atoms with Gasteiger partial charge in [-0.1, -0.05) is 42.5 Å². The quantitative estimate of drug-likeness (QED) is 0.735. The highest BCUT2D eigenvalue weighted by Crippen LogP contribution is 2.47. The van der Waals surface area contributed by atoms with Crippen molar-refractivity contribution in [1.82, 2.24) is 0 Å². The van der Waals surface area contributed by atoms with E-state index in [-0.39, 0.29) is 17.8 Å². The summed E-state index contributed by atoms with van der Waals surface area (Å²) in [7, 11) is 0. The molecule has 1 aliphatic rings. The third-order valence-corrected chi connectivity index (χ3v) is 4.75. The van der Waals surface area contributed by atoms with E-state index in [0.29, 0.717) is 18.0 Å². The number of amides is 1. The molecule has 23 heavy (non-hydrogen) atoms. The minimum atomic E-state index is -0.739. The lowest BCUT2D eigenvalue weighted by Crippen LogP contribution is -2.39. The molecule has 0 saturated heterocycles. The fourth-order valence-corrected chi connectivity index (χ4v) is 3.51. The van der Waals surface area contributed by atoms with Crippen molar-refractivity contribution in [2.75, 3.05) is 10.8 Å². The molecule has 2 aromatic carbocycles. The summed E-state index contributed by atoms with van der Waals surface area (Å²) in [6.45, 7) is 3.69. The van der Waals surface area contributed by atoms with Crippen LogP contribution in [0.4, 0.5) is 10.1 Å².